The summed E-state index contributed by atoms with van der Waals surface area (Å²) in [5, 5.41) is 0. The Kier molecular flexibility index (Phi) is 6.10. The third kappa shape index (κ3) is 4.87. The first kappa shape index (κ1) is 13.5. The van der Waals surface area contributed by atoms with Gasteiger partial charge in [-0.1, -0.05) is 19.4 Å². The van der Waals surface area contributed by atoms with Gasteiger partial charge in [0.2, 0.25) is 0 Å². The standard InChI is InChI=1S/C13H20N2O2/c1-3-5-9-14-15-13(16)11-7-6-8-12(10-11)17-4-2/h6-8,10,14H,3-5,9H2,1-2H3,(H,15,16). The van der Waals surface area contributed by atoms with Gasteiger partial charge < -0.3 is 4.74 Å². The van der Waals surface area contributed by atoms with E-state index in [1.54, 1.807) is 12.1 Å². The molecule has 0 atom stereocenters. The van der Waals surface area contributed by atoms with E-state index in [4.69, 9.17) is 4.74 Å². The molecular weight excluding hydrogens is 216 g/mol. The van der Waals surface area contributed by atoms with Crippen LogP contribution in [0.5, 0.6) is 5.75 Å². The average Bonchev–Trinajstić information content (AvgIpc) is 2.35. The minimum atomic E-state index is -0.136. The molecule has 0 saturated heterocycles. The van der Waals surface area contributed by atoms with E-state index in [0.717, 1.165) is 19.4 Å². The van der Waals surface area contributed by atoms with Gasteiger partial charge in [0.15, 0.2) is 0 Å². The molecule has 1 aromatic rings. The Labute approximate surface area is 102 Å². The molecule has 0 aliphatic heterocycles. The topological polar surface area (TPSA) is 50.4 Å². The number of nitrogens with one attached hydrogen (secondary N) is 2. The molecule has 4 heteroatoms. The van der Waals surface area contributed by atoms with Crippen molar-refractivity contribution >= 4 is 5.91 Å². The summed E-state index contributed by atoms with van der Waals surface area (Å²) >= 11 is 0. The van der Waals surface area contributed by atoms with Gasteiger partial charge in [-0.05, 0) is 31.5 Å². The van der Waals surface area contributed by atoms with E-state index < -0.39 is 0 Å². The van der Waals surface area contributed by atoms with Gasteiger partial charge in [-0.2, -0.15) is 0 Å². The van der Waals surface area contributed by atoms with Crippen LogP contribution in [0.25, 0.3) is 0 Å². The summed E-state index contributed by atoms with van der Waals surface area (Å²) in [5.41, 5.74) is 6.15. The lowest BCUT2D eigenvalue weighted by Gasteiger charge is -2.08. The second kappa shape index (κ2) is 7.68. The Morgan fingerprint density at radius 1 is 1.35 bits per heavy atom. The Bertz CT molecular complexity index is 353. The van der Waals surface area contributed by atoms with Crippen molar-refractivity contribution in [1.29, 1.82) is 0 Å². The Morgan fingerprint density at radius 3 is 2.88 bits per heavy atom. The zero-order valence-electron chi connectivity index (χ0n) is 10.5. The van der Waals surface area contributed by atoms with Crippen LogP contribution in [0, 0.1) is 0 Å². The van der Waals surface area contributed by atoms with Crippen molar-refractivity contribution in [3.63, 3.8) is 0 Å². The molecular formula is C13H20N2O2. The number of hydrogen-bond donors (Lipinski definition) is 2. The lowest BCUT2D eigenvalue weighted by Crippen LogP contribution is -2.37. The molecule has 0 spiro atoms. The second-order valence-corrected chi connectivity index (χ2v) is 3.70. The van der Waals surface area contributed by atoms with E-state index >= 15 is 0 Å². The molecule has 0 aliphatic rings. The van der Waals surface area contributed by atoms with E-state index in [2.05, 4.69) is 17.8 Å². The highest BCUT2D eigenvalue weighted by Gasteiger charge is 2.05. The maximum atomic E-state index is 11.7. The summed E-state index contributed by atoms with van der Waals surface area (Å²) in [4.78, 5) is 11.7. The predicted octanol–water partition coefficient (Wildman–Crippen LogP) is 2.12. The molecule has 0 aliphatic carbocycles. The fraction of sp³-hybridized carbons (Fsp3) is 0.462. The van der Waals surface area contributed by atoms with Gasteiger partial charge in [0.25, 0.3) is 5.91 Å². The monoisotopic (exact) mass is 236 g/mol. The van der Waals surface area contributed by atoms with Crippen molar-refractivity contribution in [1.82, 2.24) is 10.9 Å². The number of rotatable bonds is 7. The highest BCUT2D eigenvalue weighted by atomic mass is 16.5. The summed E-state index contributed by atoms with van der Waals surface area (Å²) < 4.78 is 5.34. The van der Waals surface area contributed by atoms with Gasteiger partial charge in [-0.3, -0.25) is 10.2 Å². The van der Waals surface area contributed by atoms with Crippen molar-refractivity contribution in [2.24, 2.45) is 0 Å². The Hall–Kier alpha value is -1.55. The number of carbonyl (C=O) groups excluding carboxylic acids is 1. The molecule has 0 heterocycles. The van der Waals surface area contributed by atoms with Crippen LogP contribution in [0.15, 0.2) is 24.3 Å². The lowest BCUT2D eigenvalue weighted by atomic mass is 10.2. The minimum Gasteiger partial charge on any atom is -0.494 e. The molecule has 94 valence electrons. The smallest absolute Gasteiger partial charge is 0.265 e. The molecule has 1 aromatic carbocycles. The fourth-order valence-corrected chi connectivity index (χ4v) is 1.37. The lowest BCUT2D eigenvalue weighted by molar-refractivity contribution is 0.0932. The molecule has 0 radical (unpaired) electrons. The van der Waals surface area contributed by atoms with Gasteiger partial charge in [0, 0.05) is 12.1 Å². The van der Waals surface area contributed by atoms with E-state index in [0.29, 0.717) is 17.9 Å². The quantitative estimate of drug-likeness (QED) is 0.563. The van der Waals surface area contributed by atoms with Gasteiger partial charge in [-0.25, -0.2) is 5.43 Å². The Morgan fingerprint density at radius 2 is 2.18 bits per heavy atom. The third-order valence-corrected chi connectivity index (χ3v) is 2.26. The molecule has 1 rings (SSSR count). The fourth-order valence-electron chi connectivity index (χ4n) is 1.37. The SMILES string of the molecule is CCCCNNC(=O)c1cccc(OCC)c1. The molecule has 17 heavy (non-hydrogen) atoms. The largest absolute Gasteiger partial charge is 0.494 e. The van der Waals surface area contributed by atoms with Crippen molar-refractivity contribution in [3.05, 3.63) is 29.8 Å². The summed E-state index contributed by atoms with van der Waals surface area (Å²) in [5.74, 6) is 0.580. The minimum absolute atomic E-state index is 0.136. The molecule has 4 nitrogen and oxygen atoms in total. The highest BCUT2D eigenvalue weighted by molar-refractivity contribution is 5.94. The summed E-state index contributed by atoms with van der Waals surface area (Å²) in [7, 11) is 0. The number of carbonyl (C=O) groups is 1. The maximum absolute atomic E-state index is 11.7. The third-order valence-electron chi connectivity index (χ3n) is 2.26. The first-order valence-corrected chi connectivity index (χ1v) is 6.04. The number of hydrazine groups is 1. The zero-order chi connectivity index (χ0) is 12.5. The van der Waals surface area contributed by atoms with Crippen LogP contribution in [0.2, 0.25) is 0 Å². The number of hydrogen-bond acceptors (Lipinski definition) is 3. The Balaban J connectivity index is 2.47. The van der Waals surface area contributed by atoms with Crippen LogP contribution in [0.4, 0.5) is 0 Å². The number of benzene rings is 1. The van der Waals surface area contributed by atoms with Crippen molar-refractivity contribution in [3.8, 4) is 5.75 Å². The van der Waals surface area contributed by atoms with Gasteiger partial charge in [0.1, 0.15) is 5.75 Å². The van der Waals surface area contributed by atoms with Crippen molar-refractivity contribution in [2.75, 3.05) is 13.2 Å². The van der Waals surface area contributed by atoms with Crippen molar-refractivity contribution < 1.29 is 9.53 Å². The molecule has 0 fully saturated rings. The maximum Gasteiger partial charge on any atom is 0.265 e. The second-order valence-electron chi connectivity index (χ2n) is 3.70. The summed E-state index contributed by atoms with van der Waals surface area (Å²) in [6.45, 7) is 5.40. The molecule has 2 N–H and O–H groups in total. The predicted molar refractivity (Wildman–Crippen MR) is 68.0 cm³/mol. The van der Waals surface area contributed by atoms with Crippen LogP contribution < -0.4 is 15.6 Å². The van der Waals surface area contributed by atoms with Crippen LogP contribution in [0.1, 0.15) is 37.0 Å². The first-order chi connectivity index (χ1) is 8.27. The molecule has 1 amide bonds. The molecule has 0 aromatic heterocycles. The van der Waals surface area contributed by atoms with E-state index in [1.807, 2.05) is 19.1 Å². The summed E-state index contributed by atoms with van der Waals surface area (Å²) in [6.07, 6.45) is 2.14. The number of ether oxygens (including phenoxy) is 1. The zero-order valence-corrected chi connectivity index (χ0v) is 10.5. The van der Waals surface area contributed by atoms with E-state index in [-0.39, 0.29) is 5.91 Å². The van der Waals surface area contributed by atoms with E-state index in [9.17, 15) is 4.79 Å². The normalized spacial score (nSPS) is 10.0. The summed E-state index contributed by atoms with van der Waals surface area (Å²) in [6, 6.07) is 7.15. The highest BCUT2D eigenvalue weighted by Crippen LogP contribution is 2.12. The van der Waals surface area contributed by atoms with Gasteiger partial charge in [-0.15, -0.1) is 0 Å². The van der Waals surface area contributed by atoms with Crippen LogP contribution in [-0.4, -0.2) is 19.1 Å². The number of amides is 1. The molecule has 0 saturated carbocycles. The average molecular weight is 236 g/mol. The van der Waals surface area contributed by atoms with Crippen LogP contribution >= 0.6 is 0 Å². The number of unbranched alkanes of at least 4 members (excludes halogenated alkanes) is 1. The molecule has 0 unspecified atom stereocenters. The first-order valence-electron chi connectivity index (χ1n) is 6.04. The van der Waals surface area contributed by atoms with Crippen LogP contribution in [0.3, 0.4) is 0 Å². The van der Waals surface area contributed by atoms with Crippen LogP contribution in [-0.2, 0) is 0 Å². The van der Waals surface area contributed by atoms with Gasteiger partial charge in [0.05, 0.1) is 6.61 Å². The van der Waals surface area contributed by atoms with Crippen molar-refractivity contribution in [2.45, 2.75) is 26.7 Å². The van der Waals surface area contributed by atoms with E-state index in [1.165, 1.54) is 0 Å². The van der Waals surface area contributed by atoms with Gasteiger partial charge >= 0.3 is 0 Å². The molecule has 0 bridgehead atoms.